The van der Waals surface area contributed by atoms with Crippen molar-refractivity contribution in [3.8, 4) is 0 Å². The summed E-state index contributed by atoms with van der Waals surface area (Å²) in [5.74, 6) is -0.0349. The summed E-state index contributed by atoms with van der Waals surface area (Å²) in [6.07, 6.45) is -0.478. The summed E-state index contributed by atoms with van der Waals surface area (Å²) in [5, 5.41) is 11.2. The van der Waals surface area contributed by atoms with Gasteiger partial charge < -0.3 is 19.9 Å². The highest BCUT2D eigenvalue weighted by Crippen LogP contribution is 2.05. The van der Waals surface area contributed by atoms with Gasteiger partial charge in [-0.2, -0.15) is 0 Å². The molecule has 0 aliphatic heterocycles. The normalized spacial score (nSPS) is 10.9. The average Bonchev–Trinajstić information content (AvgIpc) is 1.99. The van der Waals surface area contributed by atoms with E-state index in [0.717, 1.165) is 0 Å². The van der Waals surface area contributed by atoms with Gasteiger partial charge in [0.05, 0.1) is 6.61 Å². The van der Waals surface area contributed by atoms with E-state index in [9.17, 15) is 4.79 Å². The van der Waals surface area contributed by atoms with Crippen LogP contribution in [0.3, 0.4) is 0 Å². The second-order valence-corrected chi connectivity index (χ2v) is 4.05. The van der Waals surface area contributed by atoms with Crippen molar-refractivity contribution in [3.05, 3.63) is 12.3 Å². The van der Waals surface area contributed by atoms with Gasteiger partial charge in [-0.25, -0.2) is 4.79 Å². The van der Waals surface area contributed by atoms with Crippen molar-refractivity contribution in [2.45, 2.75) is 26.4 Å². The fraction of sp³-hybridized carbons (Fsp3) is 0.700. The summed E-state index contributed by atoms with van der Waals surface area (Å²) in [4.78, 5) is 11.1. The minimum absolute atomic E-state index is 0.0349. The molecule has 0 radical (unpaired) electrons. The smallest absolute Gasteiger partial charge is 0.407 e. The summed E-state index contributed by atoms with van der Waals surface area (Å²) < 4.78 is 9.95. The number of carbonyl (C=O) groups excluding carboxylic acids is 1. The molecule has 15 heavy (non-hydrogen) atoms. The summed E-state index contributed by atoms with van der Waals surface area (Å²) >= 11 is 0. The van der Waals surface area contributed by atoms with Gasteiger partial charge in [0.1, 0.15) is 18.0 Å². The monoisotopic (exact) mass is 217 g/mol. The number of aliphatic hydroxyl groups is 1. The number of nitrogens with one attached hydrogen (secondary N) is 1. The summed E-state index contributed by atoms with van der Waals surface area (Å²) in [5.41, 5.74) is -0.496. The van der Waals surface area contributed by atoms with Crippen LogP contribution >= 0.6 is 0 Å². The Kier molecular flexibility index (Phi) is 5.77. The van der Waals surface area contributed by atoms with Gasteiger partial charge in [-0.3, -0.25) is 0 Å². The van der Waals surface area contributed by atoms with Crippen molar-refractivity contribution in [1.29, 1.82) is 0 Å². The molecule has 0 fully saturated rings. The fourth-order valence-electron chi connectivity index (χ4n) is 0.729. The Balaban J connectivity index is 3.44. The molecule has 0 saturated heterocycles. The maximum Gasteiger partial charge on any atom is 0.407 e. The lowest BCUT2D eigenvalue weighted by Gasteiger charge is -2.19. The van der Waals surface area contributed by atoms with Crippen molar-refractivity contribution in [1.82, 2.24) is 5.32 Å². The molecule has 0 rings (SSSR count). The van der Waals surface area contributed by atoms with Gasteiger partial charge in [0.15, 0.2) is 0 Å². The molecule has 0 saturated carbocycles. The first kappa shape index (κ1) is 13.8. The van der Waals surface area contributed by atoms with E-state index in [1.165, 1.54) is 0 Å². The standard InChI is InChI=1S/C10H19NO4/c1-8(12)7-14-6-5-11-9(13)15-10(2,3)4/h12H,1,5-7H2,2-4H3,(H,11,13). The molecule has 5 nitrogen and oxygen atoms in total. The van der Waals surface area contributed by atoms with Gasteiger partial charge in [0, 0.05) is 6.54 Å². The van der Waals surface area contributed by atoms with Crippen LogP contribution in [-0.4, -0.2) is 36.6 Å². The number of aliphatic hydroxyl groups excluding tert-OH is 1. The van der Waals surface area contributed by atoms with E-state index in [-0.39, 0.29) is 12.4 Å². The van der Waals surface area contributed by atoms with Crippen LogP contribution in [0.4, 0.5) is 4.79 Å². The molecule has 0 unspecified atom stereocenters. The highest BCUT2D eigenvalue weighted by Gasteiger charge is 2.15. The molecule has 0 atom stereocenters. The molecule has 0 bridgehead atoms. The Labute approximate surface area is 90.1 Å². The number of ether oxygens (including phenoxy) is 2. The maximum atomic E-state index is 11.1. The molecule has 0 aliphatic carbocycles. The zero-order valence-electron chi connectivity index (χ0n) is 9.50. The molecule has 1 amide bonds. The Morgan fingerprint density at radius 3 is 2.53 bits per heavy atom. The van der Waals surface area contributed by atoms with Gasteiger partial charge in [0.25, 0.3) is 0 Å². The van der Waals surface area contributed by atoms with Gasteiger partial charge in [-0.1, -0.05) is 6.58 Å². The van der Waals surface area contributed by atoms with Crippen molar-refractivity contribution in [2.75, 3.05) is 19.8 Å². The summed E-state index contributed by atoms with van der Waals surface area (Å²) in [6, 6.07) is 0. The van der Waals surface area contributed by atoms with Gasteiger partial charge in [-0.15, -0.1) is 0 Å². The highest BCUT2D eigenvalue weighted by molar-refractivity contribution is 5.67. The molecule has 0 aliphatic rings. The van der Waals surface area contributed by atoms with Gasteiger partial charge in [0.2, 0.25) is 0 Å². The van der Waals surface area contributed by atoms with Crippen molar-refractivity contribution in [2.24, 2.45) is 0 Å². The molecule has 0 spiro atoms. The van der Waals surface area contributed by atoms with Crippen LogP contribution in [0.25, 0.3) is 0 Å². The number of rotatable bonds is 5. The summed E-state index contributed by atoms with van der Waals surface area (Å²) in [6.45, 7) is 9.35. The molecular weight excluding hydrogens is 198 g/mol. The molecule has 0 heterocycles. The van der Waals surface area contributed by atoms with E-state index in [1.54, 1.807) is 20.8 Å². The molecular formula is C10H19NO4. The lowest BCUT2D eigenvalue weighted by atomic mass is 10.2. The number of hydrogen-bond donors (Lipinski definition) is 2. The van der Waals surface area contributed by atoms with Crippen molar-refractivity contribution in [3.63, 3.8) is 0 Å². The fourth-order valence-corrected chi connectivity index (χ4v) is 0.729. The van der Waals surface area contributed by atoms with Crippen LogP contribution in [0, 0.1) is 0 Å². The quantitative estimate of drug-likeness (QED) is 0.542. The van der Waals surface area contributed by atoms with E-state index >= 15 is 0 Å². The molecule has 0 aromatic heterocycles. The zero-order chi connectivity index (χ0) is 11.9. The zero-order valence-corrected chi connectivity index (χ0v) is 9.50. The molecule has 0 aromatic carbocycles. The largest absolute Gasteiger partial charge is 0.510 e. The number of hydrogen-bond acceptors (Lipinski definition) is 4. The second-order valence-electron chi connectivity index (χ2n) is 4.05. The lowest BCUT2D eigenvalue weighted by Crippen LogP contribution is -2.34. The second kappa shape index (κ2) is 6.29. The van der Waals surface area contributed by atoms with Gasteiger partial charge in [-0.05, 0) is 20.8 Å². The van der Waals surface area contributed by atoms with Crippen LogP contribution in [0.2, 0.25) is 0 Å². The lowest BCUT2D eigenvalue weighted by molar-refractivity contribution is 0.0500. The van der Waals surface area contributed by atoms with E-state index < -0.39 is 11.7 Å². The summed E-state index contributed by atoms with van der Waals surface area (Å²) in [7, 11) is 0. The Morgan fingerprint density at radius 1 is 1.47 bits per heavy atom. The third-order valence-corrected chi connectivity index (χ3v) is 1.18. The van der Waals surface area contributed by atoms with E-state index in [0.29, 0.717) is 13.2 Å². The third kappa shape index (κ3) is 10.7. The molecule has 5 heteroatoms. The Bertz CT molecular complexity index is 220. The first-order valence-electron chi connectivity index (χ1n) is 4.72. The number of amides is 1. The van der Waals surface area contributed by atoms with Crippen LogP contribution in [0.15, 0.2) is 12.3 Å². The number of carbonyl (C=O) groups is 1. The van der Waals surface area contributed by atoms with Crippen molar-refractivity contribution < 1.29 is 19.4 Å². The maximum absolute atomic E-state index is 11.1. The Hall–Kier alpha value is -1.23. The predicted molar refractivity (Wildman–Crippen MR) is 56.8 cm³/mol. The van der Waals surface area contributed by atoms with Crippen LogP contribution in [-0.2, 0) is 9.47 Å². The van der Waals surface area contributed by atoms with E-state index in [2.05, 4.69) is 11.9 Å². The predicted octanol–water partition coefficient (Wildman–Crippen LogP) is 1.60. The molecule has 0 aromatic rings. The first-order valence-corrected chi connectivity index (χ1v) is 4.72. The van der Waals surface area contributed by atoms with Crippen LogP contribution < -0.4 is 5.32 Å². The highest BCUT2D eigenvalue weighted by atomic mass is 16.6. The SMILES string of the molecule is C=C(O)COCCNC(=O)OC(C)(C)C. The average molecular weight is 217 g/mol. The van der Waals surface area contributed by atoms with Crippen LogP contribution in [0.1, 0.15) is 20.8 Å². The van der Waals surface area contributed by atoms with Crippen molar-refractivity contribution >= 4 is 6.09 Å². The topological polar surface area (TPSA) is 67.8 Å². The van der Waals surface area contributed by atoms with Gasteiger partial charge >= 0.3 is 6.09 Å². The molecule has 2 N–H and O–H groups in total. The minimum atomic E-state index is -0.496. The minimum Gasteiger partial charge on any atom is -0.510 e. The third-order valence-electron chi connectivity index (χ3n) is 1.18. The van der Waals surface area contributed by atoms with Crippen LogP contribution in [0.5, 0.6) is 0 Å². The first-order chi connectivity index (χ1) is 6.81. The van der Waals surface area contributed by atoms with E-state index in [4.69, 9.17) is 14.6 Å². The van der Waals surface area contributed by atoms with E-state index in [1.807, 2.05) is 0 Å². The number of alkyl carbamates (subject to hydrolysis) is 1. The Morgan fingerprint density at radius 2 is 2.07 bits per heavy atom. The molecule has 88 valence electrons.